The van der Waals surface area contributed by atoms with Crippen LogP contribution < -0.4 is 10.6 Å². The predicted octanol–water partition coefficient (Wildman–Crippen LogP) is 5.42. The smallest absolute Gasteiger partial charge is 0.315 e. The van der Waals surface area contributed by atoms with E-state index in [1.807, 2.05) is 0 Å². The lowest BCUT2D eigenvalue weighted by atomic mass is 10.0. The van der Waals surface area contributed by atoms with Crippen molar-refractivity contribution in [3.63, 3.8) is 0 Å². The van der Waals surface area contributed by atoms with Crippen LogP contribution in [0.25, 0.3) is 0 Å². The number of carbonyl (C=O) groups excluding carboxylic acids is 1. The molecular formula is C24H31Cl2N3O3. The Kier molecular flexibility index (Phi) is 10.8. The first-order valence-electron chi connectivity index (χ1n) is 10.7. The molecule has 2 rings (SSSR count). The Morgan fingerprint density at radius 3 is 2.38 bits per heavy atom. The number of benzene rings is 2. The number of carbonyl (C=O) groups is 2. The average Bonchev–Trinajstić information content (AvgIpc) is 2.74. The largest absolute Gasteiger partial charge is 0.481 e. The van der Waals surface area contributed by atoms with Crippen molar-refractivity contribution in [2.45, 2.75) is 45.7 Å². The van der Waals surface area contributed by atoms with Crippen molar-refractivity contribution in [3.8, 4) is 0 Å². The van der Waals surface area contributed by atoms with E-state index in [0.29, 0.717) is 36.1 Å². The van der Waals surface area contributed by atoms with Crippen LogP contribution in [0.4, 0.5) is 4.79 Å². The second-order valence-corrected chi connectivity index (χ2v) is 8.66. The van der Waals surface area contributed by atoms with Gasteiger partial charge in [-0.2, -0.15) is 0 Å². The molecule has 0 bridgehead atoms. The monoisotopic (exact) mass is 479 g/mol. The van der Waals surface area contributed by atoms with Gasteiger partial charge in [0.1, 0.15) is 0 Å². The Hall–Kier alpha value is -2.28. The lowest BCUT2D eigenvalue weighted by molar-refractivity contribution is -0.137. The number of hydrogen-bond donors (Lipinski definition) is 3. The number of aryl methyl sites for hydroxylation is 1. The first kappa shape index (κ1) is 26.0. The highest BCUT2D eigenvalue weighted by Gasteiger charge is 2.16. The summed E-state index contributed by atoms with van der Waals surface area (Å²) < 4.78 is 0. The van der Waals surface area contributed by atoms with Crippen molar-refractivity contribution < 1.29 is 14.7 Å². The Balaban J connectivity index is 1.80. The highest BCUT2D eigenvalue weighted by molar-refractivity contribution is 6.35. The molecule has 2 aromatic carbocycles. The number of aliphatic carboxylic acids is 1. The van der Waals surface area contributed by atoms with Crippen LogP contribution >= 0.6 is 23.2 Å². The summed E-state index contributed by atoms with van der Waals surface area (Å²) in [6.07, 6.45) is 1.48. The second-order valence-electron chi connectivity index (χ2n) is 7.82. The Morgan fingerprint density at radius 1 is 1.03 bits per heavy atom. The van der Waals surface area contributed by atoms with Crippen LogP contribution in [-0.2, 0) is 11.3 Å². The number of carboxylic acid groups (broad SMARTS) is 1. The number of nitrogens with one attached hydrogen (secondary N) is 2. The first-order valence-corrected chi connectivity index (χ1v) is 11.5. The molecule has 1 atom stereocenters. The molecule has 2 amide bonds. The van der Waals surface area contributed by atoms with Crippen LogP contribution in [0.2, 0.25) is 10.0 Å². The van der Waals surface area contributed by atoms with Gasteiger partial charge in [-0.05, 0) is 56.5 Å². The minimum atomic E-state index is -0.785. The molecule has 0 spiro atoms. The molecule has 0 saturated carbocycles. The quantitative estimate of drug-likeness (QED) is 0.355. The highest BCUT2D eigenvalue weighted by atomic mass is 35.5. The summed E-state index contributed by atoms with van der Waals surface area (Å²) in [7, 11) is 0. The van der Waals surface area contributed by atoms with Gasteiger partial charge in [-0.1, -0.05) is 59.1 Å². The summed E-state index contributed by atoms with van der Waals surface area (Å²) in [5.74, 6) is -0.785. The summed E-state index contributed by atoms with van der Waals surface area (Å²) >= 11 is 12.0. The molecule has 0 heterocycles. The van der Waals surface area contributed by atoms with Gasteiger partial charge in [-0.3, -0.25) is 9.69 Å². The van der Waals surface area contributed by atoms with Gasteiger partial charge < -0.3 is 15.7 Å². The van der Waals surface area contributed by atoms with Crippen LogP contribution in [0.15, 0.2) is 42.5 Å². The third-order valence-corrected chi connectivity index (χ3v) is 5.89. The summed E-state index contributed by atoms with van der Waals surface area (Å²) in [5, 5.41) is 15.7. The van der Waals surface area contributed by atoms with Gasteiger partial charge in [0, 0.05) is 42.1 Å². The maximum Gasteiger partial charge on any atom is 0.315 e. The molecule has 0 saturated heterocycles. The van der Waals surface area contributed by atoms with Gasteiger partial charge in [0.2, 0.25) is 0 Å². The summed E-state index contributed by atoms with van der Waals surface area (Å²) in [6, 6.07) is 13.4. The molecule has 0 fully saturated rings. The number of rotatable bonds is 12. The van der Waals surface area contributed by atoms with Crippen LogP contribution in [-0.4, -0.2) is 41.6 Å². The average molecular weight is 480 g/mol. The fourth-order valence-corrected chi connectivity index (χ4v) is 3.85. The van der Waals surface area contributed by atoms with Crippen molar-refractivity contribution in [1.29, 1.82) is 0 Å². The molecule has 8 heteroatoms. The first-order chi connectivity index (χ1) is 15.3. The molecule has 6 nitrogen and oxygen atoms in total. The fraction of sp³-hybridized carbons (Fsp3) is 0.417. The van der Waals surface area contributed by atoms with Crippen molar-refractivity contribution in [2.24, 2.45) is 0 Å². The SMILES string of the molecule is Cc1ccc([C@H](C)N(CCCNC(=O)NCc2ccc(Cl)cc2Cl)CCCC(=O)O)cc1. The number of urea groups is 1. The van der Waals surface area contributed by atoms with E-state index < -0.39 is 5.97 Å². The van der Waals surface area contributed by atoms with E-state index in [1.54, 1.807) is 18.2 Å². The molecule has 174 valence electrons. The van der Waals surface area contributed by atoms with Crippen molar-refractivity contribution in [3.05, 3.63) is 69.2 Å². The second kappa shape index (κ2) is 13.3. The zero-order valence-electron chi connectivity index (χ0n) is 18.5. The molecular weight excluding hydrogens is 449 g/mol. The van der Waals surface area contributed by atoms with Crippen LogP contribution in [0.5, 0.6) is 0 Å². The molecule has 0 radical (unpaired) electrons. The van der Waals surface area contributed by atoms with Gasteiger partial charge >= 0.3 is 12.0 Å². The Bertz CT molecular complexity index is 891. The number of amides is 2. The maximum atomic E-state index is 12.1. The minimum absolute atomic E-state index is 0.144. The number of carboxylic acids is 1. The molecule has 3 N–H and O–H groups in total. The van der Waals surface area contributed by atoms with Crippen LogP contribution in [0, 0.1) is 6.92 Å². The van der Waals surface area contributed by atoms with E-state index in [2.05, 4.69) is 53.6 Å². The maximum absolute atomic E-state index is 12.1. The third-order valence-electron chi connectivity index (χ3n) is 5.31. The summed E-state index contributed by atoms with van der Waals surface area (Å²) in [6.45, 7) is 6.43. The zero-order chi connectivity index (χ0) is 23.5. The standard InChI is InChI=1S/C24H31Cl2N3O3/c1-17-6-8-19(9-7-17)18(2)29(13-3-5-23(30)31)14-4-12-27-24(32)28-16-20-10-11-21(25)15-22(20)26/h6-11,15,18H,3-5,12-14,16H2,1-2H3,(H,30,31)(H2,27,28,32)/t18-/m0/s1. The minimum Gasteiger partial charge on any atom is -0.481 e. The summed E-state index contributed by atoms with van der Waals surface area (Å²) in [4.78, 5) is 25.3. The lowest BCUT2D eigenvalue weighted by Gasteiger charge is -2.29. The fourth-order valence-electron chi connectivity index (χ4n) is 3.38. The van der Waals surface area contributed by atoms with Gasteiger partial charge in [-0.15, -0.1) is 0 Å². The van der Waals surface area contributed by atoms with Crippen molar-refractivity contribution in [1.82, 2.24) is 15.5 Å². The molecule has 0 aromatic heterocycles. The summed E-state index contributed by atoms with van der Waals surface area (Å²) in [5.41, 5.74) is 3.19. The predicted molar refractivity (Wildman–Crippen MR) is 129 cm³/mol. The van der Waals surface area contributed by atoms with E-state index in [1.165, 1.54) is 11.1 Å². The number of halogens is 2. The number of nitrogens with zero attached hydrogens (tertiary/aromatic N) is 1. The highest BCUT2D eigenvalue weighted by Crippen LogP contribution is 2.22. The van der Waals surface area contributed by atoms with Gasteiger partial charge in [0.15, 0.2) is 0 Å². The zero-order valence-corrected chi connectivity index (χ0v) is 20.0. The van der Waals surface area contributed by atoms with E-state index >= 15 is 0 Å². The third kappa shape index (κ3) is 9.07. The van der Waals surface area contributed by atoms with Crippen molar-refractivity contribution in [2.75, 3.05) is 19.6 Å². The van der Waals surface area contributed by atoms with E-state index in [4.69, 9.17) is 28.3 Å². The van der Waals surface area contributed by atoms with Crippen LogP contribution in [0.3, 0.4) is 0 Å². The molecule has 0 aliphatic carbocycles. The van der Waals surface area contributed by atoms with E-state index in [9.17, 15) is 9.59 Å². The normalized spacial score (nSPS) is 11.9. The number of hydrogen-bond acceptors (Lipinski definition) is 3. The van der Waals surface area contributed by atoms with Crippen LogP contribution in [0.1, 0.15) is 48.9 Å². The topological polar surface area (TPSA) is 81.7 Å². The molecule has 0 unspecified atom stereocenters. The van der Waals surface area contributed by atoms with E-state index in [0.717, 1.165) is 18.5 Å². The lowest BCUT2D eigenvalue weighted by Crippen LogP contribution is -2.37. The van der Waals surface area contributed by atoms with Gasteiger partial charge in [0.05, 0.1) is 0 Å². The van der Waals surface area contributed by atoms with Gasteiger partial charge in [0.25, 0.3) is 0 Å². The Morgan fingerprint density at radius 2 is 1.72 bits per heavy atom. The van der Waals surface area contributed by atoms with E-state index in [-0.39, 0.29) is 18.5 Å². The van der Waals surface area contributed by atoms with Gasteiger partial charge in [-0.25, -0.2) is 4.79 Å². The molecule has 32 heavy (non-hydrogen) atoms. The molecule has 0 aliphatic heterocycles. The molecule has 0 aliphatic rings. The Labute approximate surface area is 199 Å². The van der Waals surface area contributed by atoms with Crippen molar-refractivity contribution >= 4 is 35.2 Å². The molecule has 2 aromatic rings.